The van der Waals surface area contributed by atoms with E-state index >= 15 is 0 Å². The van der Waals surface area contributed by atoms with Crippen molar-refractivity contribution < 1.29 is 9.53 Å². The number of nitrogens with one attached hydrogen (secondary N) is 1. The Labute approximate surface area is 122 Å². The average Bonchev–Trinajstić information content (AvgIpc) is 2.41. The molecule has 0 aliphatic carbocycles. The van der Waals surface area contributed by atoms with Crippen LogP contribution in [-0.4, -0.2) is 35.9 Å². The van der Waals surface area contributed by atoms with Crippen LogP contribution in [0.4, 0.5) is 5.69 Å². The molecule has 0 aliphatic rings. The van der Waals surface area contributed by atoms with E-state index in [1.165, 1.54) is 10.9 Å². The van der Waals surface area contributed by atoms with E-state index in [-0.39, 0.29) is 16.5 Å². The van der Waals surface area contributed by atoms with Gasteiger partial charge in [-0.25, -0.2) is 4.68 Å². The van der Waals surface area contributed by atoms with E-state index in [4.69, 9.17) is 22.1 Å². The van der Waals surface area contributed by atoms with Crippen molar-refractivity contribution in [1.82, 2.24) is 9.78 Å². The predicted molar refractivity (Wildman–Crippen MR) is 76.9 cm³/mol. The van der Waals surface area contributed by atoms with Crippen molar-refractivity contribution in [3.63, 3.8) is 0 Å². The number of nitrogens with two attached hydrogens (primary N) is 1. The summed E-state index contributed by atoms with van der Waals surface area (Å²) in [6.45, 7) is 1.34. The summed E-state index contributed by atoms with van der Waals surface area (Å²) in [7, 11) is 1.55. The van der Waals surface area contributed by atoms with Gasteiger partial charge in [-0.3, -0.25) is 9.59 Å². The van der Waals surface area contributed by atoms with E-state index in [1.807, 2.05) is 0 Å². The second-order valence-corrected chi connectivity index (χ2v) is 4.62. The minimum Gasteiger partial charge on any atom is -0.383 e. The van der Waals surface area contributed by atoms with Crippen molar-refractivity contribution in [3.8, 4) is 0 Å². The number of primary amides is 1. The number of hydrogen-bond donors (Lipinski definition) is 2. The molecule has 0 spiro atoms. The van der Waals surface area contributed by atoms with Crippen molar-refractivity contribution in [3.05, 3.63) is 21.6 Å². The number of aromatic nitrogens is 2. The van der Waals surface area contributed by atoms with Gasteiger partial charge in [-0.1, -0.05) is 11.6 Å². The number of methoxy groups -OCH3 is 1. The summed E-state index contributed by atoms with van der Waals surface area (Å²) in [5.74, 6) is -0.314. The van der Waals surface area contributed by atoms with E-state index < -0.39 is 0 Å². The molecular formula is C12H19ClN4O3. The molecule has 0 unspecified atom stereocenters. The first-order chi connectivity index (χ1) is 9.56. The maximum Gasteiger partial charge on any atom is 0.287 e. The third-order valence-electron chi connectivity index (χ3n) is 2.66. The summed E-state index contributed by atoms with van der Waals surface area (Å²) in [5, 5.41) is 7.13. The van der Waals surface area contributed by atoms with Gasteiger partial charge < -0.3 is 15.8 Å². The number of carbonyl (C=O) groups excluding carboxylic acids is 1. The van der Waals surface area contributed by atoms with Gasteiger partial charge in [0.1, 0.15) is 5.02 Å². The van der Waals surface area contributed by atoms with Crippen molar-refractivity contribution in [2.75, 3.05) is 25.6 Å². The molecule has 3 N–H and O–H groups in total. The first-order valence-corrected chi connectivity index (χ1v) is 6.70. The molecule has 1 amide bonds. The van der Waals surface area contributed by atoms with Crippen LogP contribution >= 0.6 is 11.6 Å². The first-order valence-electron chi connectivity index (χ1n) is 6.33. The molecule has 8 heteroatoms. The number of carbonyl (C=O) groups is 1. The molecule has 0 saturated heterocycles. The number of halogens is 1. The monoisotopic (exact) mass is 302 g/mol. The van der Waals surface area contributed by atoms with Crippen LogP contribution < -0.4 is 16.6 Å². The minimum atomic E-state index is -0.356. The molecule has 0 fully saturated rings. The van der Waals surface area contributed by atoms with Gasteiger partial charge in [-0.2, -0.15) is 5.10 Å². The van der Waals surface area contributed by atoms with Crippen LogP contribution in [0.2, 0.25) is 5.02 Å². The summed E-state index contributed by atoms with van der Waals surface area (Å²) in [4.78, 5) is 22.5. The number of amides is 1. The van der Waals surface area contributed by atoms with Gasteiger partial charge in [0.15, 0.2) is 0 Å². The van der Waals surface area contributed by atoms with Crippen molar-refractivity contribution in [2.24, 2.45) is 5.73 Å². The van der Waals surface area contributed by atoms with E-state index in [9.17, 15) is 9.59 Å². The summed E-state index contributed by atoms with van der Waals surface area (Å²) in [5.41, 5.74) is 5.18. The maximum absolute atomic E-state index is 11.9. The topological polar surface area (TPSA) is 99.2 Å². The molecule has 0 aromatic carbocycles. The third kappa shape index (κ3) is 5.18. The molecule has 0 atom stereocenters. The van der Waals surface area contributed by atoms with Crippen LogP contribution in [0.1, 0.15) is 19.3 Å². The second kappa shape index (κ2) is 8.55. The Morgan fingerprint density at radius 3 is 2.95 bits per heavy atom. The predicted octanol–water partition coefficient (Wildman–Crippen LogP) is 0.611. The summed E-state index contributed by atoms with van der Waals surface area (Å²) in [6, 6.07) is 0. The highest BCUT2D eigenvalue weighted by molar-refractivity contribution is 6.32. The minimum absolute atomic E-state index is 0.103. The van der Waals surface area contributed by atoms with E-state index in [0.717, 1.165) is 6.42 Å². The highest BCUT2D eigenvalue weighted by Crippen LogP contribution is 2.15. The maximum atomic E-state index is 11.9. The van der Waals surface area contributed by atoms with Crippen LogP contribution in [0, 0.1) is 0 Å². The zero-order valence-electron chi connectivity index (χ0n) is 11.4. The van der Waals surface area contributed by atoms with Crippen LogP contribution in [0.5, 0.6) is 0 Å². The van der Waals surface area contributed by atoms with Gasteiger partial charge in [0.2, 0.25) is 5.91 Å². The van der Waals surface area contributed by atoms with Crippen molar-refractivity contribution >= 4 is 23.2 Å². The standard InChI is InChI=1S/C12H19ClN4O3/c1-20-7-6-17-12(19)11(13)9(8-16-17)15-5-3-2-4-10(14)18/h8,15H,2-7H2,1H3,(H2,14,18). The largest absolute Gasteiger partial charge is 0.383 e. The molecule has 0 saturated carbocycles. The molecule has 0 bridgehead atoms. The quantitative estimate of drug-likeness (QED) is 0.651. The molecule has 0 aliphatic heterocycles. The lowest BCUT2D eigenvalue weighted by molar-refractivity contribution is -0.118. The summed E-state index contributed by atoms with van der Waals surface area (Å²) < 4.78 is 6.14. The van der Waals surface area contributed by atoms with Crippen LogP contribution in [0.25, 0.3) is 0 Å². The molecule has 1 aromatic heterocycles. The third-order valence-corrected chi connectivity index (χ3v) is 3.02. The lowest BCUT2D eigenvalue weighted by atomic mass is 10.2. The Balaban J connectivity index is 2.53. The molecule has 1 aromatic rings. The molecule has 112 valence electrons. The fourth-order valence-electron chi connectivity index (χ4n) is 1.57. The first kappa shape index (κ1) is 16.5. The van der Waals surface area contributed by atoms with Gasteiger partial charge in [-0.15, -0.1) is 0 Å². The van der Waals surface area contributed by atoms with E-state index in [0.29, 0.717) is 38.2 Å². The van der Waals surface area contributed by atoms with Gasteiger partial charge in [0.25, 0.3) is 5.56 Å². The zero-order valence-corrected chi connectivity index (χ0v) is 12.2. The fourth-order valence-corrected chi connectivity index (χ4v) is 1.79. The summed E-state index contributed by atoms with van der Waals surface area (Å²) >= 11 is 5.99. The second-order valence-electron chi connectivity index (χ2n) is 4.24. The number of anilines is 1. The highest BCUT2D eigenvalue weighted by atomic mass is 35.5. The number of unbranched alkanes of at least 4 members (excludes halogenated alkanes) is 1. The lowest BCUT2D eigenvalue weighted by Crippen LogP contribution is -2.26. The van der Waals surface area contributed by atoms with E-state index in [2.05, 4.69) is 10.4 Å². The molecule has 1 heterocycles. The summed E-state index contributed by atoms with van der Waals surface area (Å²) in [6.07, 6.45) is 3.31. The number of rotatable bonds is 9. The number of nitrogens with zero attached hydrogens (tertiary/aromatic N) is 2. The average molecular weight is 303 g/mol. The molecular weight excluding hydrogens is 284 g/mol. The Morgan fingerprint density at radius 1 is 1.55 bits per heavy atom. The smallest absolute Gasteiger partial charge is 0.287 e. The Hall–Kier alpha value is -1.60. The molecule has 20 heavy (non-hydrogen) atoms. The van der Waals surface area contributed by atoms with Crippen LogP contribution in [-0.2, 0) is 16.1 Å². The van der Waals surface area contributed by atoms with Crippen LogP contribution in [0.3, 0.4) is 0 Å². The van der Waals surface area contributed by atoms with Gasteiger partial charge >= 0.3 is 0 Å². The Bertz CT molecular complexity index is 504. The normalized spacial score (nSPS) is 10.5. The number of ether oxygens (including phenoxy) is 1. The van der Waals surface area contributed by atoms with Crippen LogP contribution in [0.15, 0.2) is 11.0 Å². The van der Waals surface area contributed by atoms with Crippen molar-refractivity contribution in [2.45, 2.75) is 25.8 Å². The zero-order chi connectivity index (χ0) is 15.0. The molecule has 7 nitrogen and oxygen atoms in total. The number of hydrogen-bond acceptors (Lipinski definition) is 5. The van der Waals surface area contributed by atoms with Gasteiger partial charge in [0.05, 0.1) is 25.0 Å². The lowest BCUT2D eigenvalue weighted by Gasteiger charge is -2.09. The highest BCUT2D eigenvalue weighted by Gasteiger charge is 2.08. The van der Waals surface area contributed by atoms with Crippen molar-refractivity contribution in [1.29, 1.82) is 0 Å². The van der Waals surface area contributed by atoms with Gasteiger partial charge in [-0.05, 0) is 12.8 Å². The SMILES string of the molecule is COCCn1ncc(NCCCCC(N)=O)c(Cl)c1=O. The fraction of sp³-hybridized carbons (Fsp3) is 0.583. The van der Waals surface area contributed by atoms with E-state index in [1.54, 1.807) is 7.11 Å². The Morgan fingerprint density at radius 2 is 2.30 bits per heavy atom. The molecule has 1 rings (SSSR count). The van der Waals surface area contributed by atoms with Gasteiger partial charge in [0, 0.05) is 20.1 Å². The molecule has 0 radical (unpaired) electrons. The Kier molecular flexibility index (Phi) is 7.03.